The van der Waals surface area contributed by atoms with Crippen LogP contribution < -0.4 is 10.5 Å². The maximum absolute atomic E-state index is 12.7. The van der Waals surface area contributed by atoms with Crippen LogP contribution >= 0.6 is 0 Å². The minimum Gasteiger partial charge on any atom is -0.492 e. The van der Waals surface area contributed by atoms with Crippen molar-refractivity contribution in [1.82, 2.24) is 4.90 Å². The van der Waals surface area contributed by atoms with Crippen molar-refractivity contribution in [3.63, 3.8) is 0 Å². The van der Waals surface area contributed by atoms with E-state index in [1.54, 1.807) is 12.1 Å². The van der Waals surface area contributed by atoms with Gasteiger partial charge in [0.15, 0.2) is 5.78 Å². The van der Waals surface area contributed by atoms with Gasteiger partial charge in [0.25, 0.3) is 0 Å². The summed E-state index contributed by atoms with van der Waals surface area (Å²) < 4.78 is 5.45. The molecule has 1 saturated heterocycles. The number of nitrogen functional groups attached to an aromatic ring is 1. The molecule has 0 aromatic heterocycles. The van der Waals surface area contributed by atoms with Crippen LogP contribution in [0.2, 0.25) is 0 Å². The molecule has 2 N–H and O–H groups in total. The number of benzene rings is 1. The van der Waals surface area contributed by atoms with E-state index in [1.807, 2.05) is 13.0 Å². The minimum atomic E-state index is 0.152. The third kappa shape index (κ3) is 3.44. The molecular formula is C20H30N2O2. The number of anilines is 1. The molecule has 1 saturated carbocycles. The van der Waals surface area contributed by atoms with Crippen LogP contribution in [-0.2, 0) is 0 Å². The lowest BCUT2D eigenvalue weighted by atomic mass is 9.65. The number of Topliss-reactive ketones (excluding diaryl/α,β-unsaturated/α-hetero) is 1. The van der Waals surface area contributed by atoms with Gasteiger partial charge in [-0.15, -0.1) is 0 Å². The Balaban J connectivity index is 1.71. The van der Waals surface area contributed by atoms with Crippen LogP contribution in [0, 0.1) is 10.8 Å². The van der Waals surface area contributed by atoms with Crippen molar-refractivity contribution in [2.24, 2.45) is 10.8 Å². The summed E-state index contributed by atoms with van der Waals surface area (Å²) in [5, 5.41) is 0. The van der Waals surface area contributed by atoms with E-state index in [1.165, 1.54) is 19.3 Å². The first-order chi connectivity index (χ1) is 11.2. The standard InChI is InChI=1S/C20H30N2O2/c1-5-24-18-7-6-14(8-16(18)21)17(23)11-22-13-20(4)10-15(22)9-19(2,3)12-20/h6-8,15H,5,9-13,21H2,1-4H3. The Bertz CT molecular complexity index is 641. The molecule has 2 atom stereocenters. The average Bonchev–Trinajstić information content (AvgIpc) is 2.69. The lowest BCUT2D eigenvalue weighted by molar-refractivity contribution is 0.0900. The molecule has 2 bridgehead atoms. The molecule has 132 valence electrons. The van der Waals surface area contributed by atoms with Crippen molar-refractivity contribution in [2.75, 3.05) is 25.4 Å². The molecule has 2 fully saturated rings. The quantitative estimate of drug-likeness (QED) is 0.660. The topological polar surface area (TPSA) is 55.6 Å². The van der Waals surface area contributed by atoms with Gasteiger partial charge in [0.05, 0.1) is 18.8 Å². The number of hydrogen-bond donors (Lipinski definition) is 1. The predicted octanol–water partition coefficient (Wildman–Crippen LogP) is 3.75. The summed E-state index contributed by atoms with van der Waals surface area (Å²) in [5.41, 5.74) is 7.95. The summed E-state index contributed by atoms with van der Waals surface area (Å²) in [6.07, 6.45) is 3.65. The first-order valence-corrected chi connectivity index (χ1v) is 9.01. The molecule has 2 aliphatic rings. The lowest BCUT2D eigenvalue weighted by Gasteiger charge is -2.39. The zero-order chi connectivity index (χ0) is 17.5. The Labute approximate surface area is 145 Å². The highest BCUT2D eigenvalue weighted by atomic mass is 16.5. The van der Waals surface area contributed by atoms with Gasteiger partial charge in [0.1, 0.15) is 5.75 Å². The summed E-state index contributed by atoms with van der Waals surface area (Å²) in [4.78, 5) is 15.1. The molecule has 1 aromatic carbocycles. The van der Waals surface area contributed by atoms with Gasteiger partial charge in [-0.25, -0.2) is 0 Å². The number of carbonyl (C=O) groups is 1. The number of nitrogens with two attached hydrogens (primary N) is 1. The van der Waals surface area contributed by atoms with Gasteiger partial charge in [-0.05, 0) is 55.2 Å². The molecule has 0 amide bonds. The van der Waals surface area contributed by atoms with E-state index < -0.39 is 0 Å². The molecule has 1 heterocycles. The highest BCUT2D eigenvalue weighted by molar-refractivity contribution is 5.98. The SMILES string of the molecule is CCOc1ccc(C(=O)CN2CC3(C)CC2CC(C)(C)C3)cc1N. The minimum absolute atomic E-state index is 0.152. The normalized spacial score (nSPS) is 28.8. The number of ketones is 1. The monoisotopic (exact) mass is 330 g/mol. The second-order valence-corrected chi connectivity index (χ2v) is 8.73. The van der Waals surface area contributed by atoms with Crippen LogP contribution in [0.4, 0.5) is 5.69 Å². The maximum atomic E-state index is 12.7. The maximum Gasteiger partial charge on any atom is 0.176 e. The molecule has 4 heteroatoms. The molecule has 1 aromatic rings. The number of hydrogen-bond acceptors (Lipinski definition) is 4. The van der Waals surface area contributed by atoms with Crippen LogP contribution in [0.25, 0.3) is 0 Å². The number of likely N-dealkylation sites (tertiary alicyclic amines) is 1. The van der Waals surface area contributed by atoms with Crippen molar-refractivity contribution in [3.8, 4) is 5.75 Å². The fourth-order valence-electron chi connectivity index (χ4n) is 5.05. The number of carbonyl (C=O) groups excluding carboxylic acids is 1. The number of fused-ring (bicyclic) bond motifs is 2. The zero-order valence-corrected chi connectivity index (χ0v) is 15.4. The Morgan fingerprint density at radius 3 is 2.75 bits per heavy atom. The van der Waals surface area contributed by atoms with Crippen LogP contribution in [0.3, 0.4) is 0 Å². The van der Waals surface area contributed by atoms with Crippen LogP contribution in [0.15, 0.2) is 18.2 Å². The van der Waals surface area contributed by atoms with E-state index in [-0.39, 0.29) is 5.78 Å². The van der Waals surface area contributed by atoms with Gasteiger partial charge in [0, 0.05) is 18.2 Å². The number of rotatable bonds is 5. The Morgan fingerprint density at radius 1 is 1.33 bits per heavy atom. The Hall–Kier alpha value is -1.55. The highest BCUT2D eigenvalue weighted by Gasteiger charge is 2.49. The van der Waals surface area contributed by atoms with Crippen LogP contribution in [-0.4, -0.2) is 36.4 Å². The summed E-state index contributed by atoms with van der Waals surface area (Å²) in [5.74, 6) is 0.805. The van der Waals surface area contributed by atoms with Gasteiger partial charge in [-0.2, -0.15) is 0 Å². The van der Waals surface area contributed by atoms with Gasteiger partial charge in [-0.1, -0.05) is 20.8 Å². The van der Waals surface area contributed by atoms with Crippen molar-refractivity contribution >= 4 is 11.5 Å². The fraction of sp³-hybridized carbons (Fsp3) is 0.650. The molecule has 1 aliphatic heterocycles. The highest BCUT2D eigenvalue weighted by Crippen LogP contribution is 2.52. The molecular weight excluding hydrogens is 300 g/mol. The lowest BCUT2D eigenvalue weighted by Crippen LogP contribution is -2.36. The van der Waals surface area contributed by atoms with Crippen molar-refractivity contribution < 1.29 is 9.53 Å². The average molecular weight is 330 g/mol. The first kappa shape index (κ1) is 17.3. The van der Waals surface area contributed by atoms with Crippen molar-refractivity contribution in [2.45, 2.75) is 53.0 Å². The molecule has 3 rings (SSSR count). The van der Waals surface area contributed by atoms with E-state index >= 15 is 0 Å². The summed E-state index contributed by atoms with van der Waals surface area (Å²) in [6.45, 7) is 11.1. The third-order valence-electron chi connectivity index (χ3n) is 5.50. The van der Waals surface area contributed by atoms with Gasteiger partial charge in [0.2, 0.25) is 0 Å². The van der Waals surface area contributed by atoms with Crippen molar-refractivity contribution in [3.05, 3.63) is 23.8 Å². The third-order valence-corrected chi connectivity index (χ3v) is 5.50. The largest absolute Gasteiger partial charge is 0.492 e. The molecule has 24 heavy (non-hydrogen) atoms. The number of ether oxygens (including phenoxy) is 1. The molecule has 0 radical (unpaired) electrons. The van der Waals surface area contributed by atoms with Crippen molar-refractivity contribution in [1.29, 1.82) is 0 Å². The second-order valence-electron chi connectivity index (χ2n) is 8.73. The fourth-order valence-corrected chi connectivity index (χ4v) is 5.05. The van der Waals surface area contributed by atoms with Gasteiger partial charge in [-0.3, -0.25) is 9.69 Å². The Kier molecular flexibility index (Phi) is 4.37. The van der Waals surface area contributed by atoms with Gasteiger partial charge < -0.3 is 10.5 Å². The second kappa shape index (κ2) is 6.07. The van der Waals surface area contributed by atoms with E-state index in [9.17, 15) is 4.79 Å². The van der Waals surface area contributed by atoms with Crippen LogP contribution in [0.5, 0.6) is 5.75 Å². The van der Waals surface area contributed by atoms with E-state index in [4.69, 9.17) is 10.5 Å². The Morgan fingerprint density at radius 2 is 2.08 bits per heavy atom. The van der Waals surface area contributed by atoms with E-state index in [0.29, 0.717) is 47.0 Å². The molecule has 1 aliphatic carbocycles. The number of nitrogens with zero attached hydrogens (tertiary/aromatic N) is 1. The zero-order valence-electron chi connectivity index (χ0n) is 15.4. The van der Waals surface area contributed by atoms with Crippen LogP contribution in [0.1, 0.15) is 57.3 Å². The summed E-state index contributed by atoms with van der Waals surface area (Å²) in [7, 11) is 0. The smallest absolute Gasteiger partial charge is 0.176 e. The molecule has 4 nitrogen and oxygen atoms in total. The summed E-state index contributed by atoms with van der Waals surface area (Å²) >= 11 is 0. The summed E-state index contributed by atoms with van der Waals surface area (Å²) in [6, 6.07) is 5.92. The van der Waals surface area contributed by atoms with Gasteiger partial charge >= 0.3 is 0 Å². The first-order valence-electron chi connectivity index (χ1n) is 9.01. The molecule has 0 spiro atoms. The molecule has 2 unspecified atom stereocenters. The predicted molar refractivity (Wildman–Crippen MR) is 97.5 cm³/mol. The van der Waals surface area contributed by atoms with E-state index in [0.717, 1.165) is 6.54 Å². The van der Waals surface area contributed by atoms with E-state index in [2.05, 4.69) is 25.7 Å².